The molecule has 1 aromatic rings. The highest BCUT2D eigenvalue weighted by Crippen LogP contribution is 2.11. The summed E-state index contributed by atoms with van der Waals surface area (Å²) in [6.45, 7) is 1.92. The number of amidine groups is 1. The first kappa shape index (κ1) is 12.6. The maximum Gasteiger partial charge on any atom is 0.230 e. The summed E-state index contributed by atoms with van der Waals surface area (Å²) in [6, 6.07) is 9.70. The summed E-state index contributed by atoms with van der Waals surface area (Å²) in [4.78, 5) is 11.4. The van der Waals surface area contributed by atoms with E-state index >= 15 is 0 Å². The third-order valence-corrected chi connectivity index (χ3v) is 2.75. The number of thioether (sulfide) groups is 1. The summed E-state index contributed by atoms with van der Waals surface area (Å²) < 4.78 is 0. The molecule has 16 heavy (non-hydrogen) atoms. The summed E-state index contributed by atoms with van der Waals surface area (Å²) in [7, 11) is 0. The first-order valence-corrected chi connectivity index (χ1v) is 5.89. The lowest BCUT2D eigenvalue weighted by Gasteiger charge is -2.13. The number of nitrogens with two attached hydrogens (primary N) is 1. The van der Waals surface area contributed by atoms with Gasteiger partial charge in [-0.1, -0.05) is 42.1 Å². The molecule has 86 valence electrons. The number of benzene rings is 1. The predicted octanol–water partition coefficient (Wildman–Crippen LogP) is 1.49. The second-order valence-corrected chi connectivity index (χ2v) is 4.37. The zero-order valence-electron chi connectivity index (χ0n) is 9.07. The van der Waals surface area contributed by atoms with Crippen LogP contribution in [0.15, 0.2) is 30.3 Å². The van der Waals surface area contributed by atoms with Gasteiger partial charge < -0.3 is 11.1 Å². The lowest BCUT2D eigenvalue weighted by Crippen LogP contribution is -2.29. The minimum Gasteiger partial charge on any atom is -0.379 e. The molecule has 0 radical (unpaired) electrons. The van der Waals surface area contributed by atoms with Crippen molar-refractivity contribution in [1.29, 1.82) is 5.41 Å². The van der Waals surface area contributed by atoms with Gasteiger partial charge in [-0.15, -0.1) is 0 Å². The molecule has 1 unspecified atom stereocenters. The Hall–Kier alpha value is -1.49. The maximum atomic E-state index is 11.4. The van der Waals surface area contributed by atoms with E-state index in [1.807, 2.05) is 37.3 Å². The van der Waals surface area contributed by atoms with Crippen LogP contribution in [0.3, 0.4) is 0 Å². The highest BCUT2D eigenvalue weighted by atomic mass is 32.2. The lowest BCUT2D eigenvalue weighted by atomic mass is 10.1. The van der Waals surface area contributed by atoms with Crippen molar-refractivity contribution in [2.75, 3.05) is 5.75 Å². The van der Waals surface area contributed by atoms with Gasteiger partial charge in [0, 0.05) is 0 Å². The van der Waals surface area contributed by atoms with Crippen LogP contribution in [-0.2, 0) is 4.79 Å². The summed E-state index contributed by atoms with van der Waals surface area (Å²) in [5.74, 6) is 0.0727. The molecule has 4 N–H and O–H groups in total. The third kappa shape index (κ3) is 4.35. The number of nitrogens with one attached hydrogen (secondary N) is 2. The Kier molecular flexibility index (Phi) is 4.85. The van der Waals surface area contributed by atoms with Gasteiger partial charge in [0.15, 0.2) is 5.17 Å². The molecular weight excluding hydrogens is 222 g/mol. The van der Waals surface area contributed by atoms with Crippen LogP contribution >= 0.6 is 11.8 Å². The largest absolute Gasteiger partial charge is 0.379 e. The van der Waals surface area contributed by atoms with Crippen molar-refractivity contribution >= 4 is 22.8 Å². The molecule has 1 amide bonds. The van der Waals surface area contributed by atoms with Crippen molar-refractivity contribution in [2.24, 2.45) is 5.73 Å². The molecule has 0 spiro atoms. The minimum absolute atomic E-state index is 0.0266. The molecule has 4 nitrogen and oxygen atoms in total. The maximum absolute atomic E-state index is 11.4. The molecule has 1 rings (SSSR count). The molecule has 0 aliphatic heterocycles. The van der Waals surface area contributed by atoms with Gasteiger partial charge in [-0.05, 0) is 12.5 Å². The van der Waals surface area contributed by atoms with E-state index in [9.17, 15) is 4.79 Å². The zero-order chi connectivity index (χ0) is 12.0. The highest BCUT2D eigenvalue weighted by molar-refractivity contribution is 8.14. The van der Waals surface area contributed by atoms with Crippen LogP contribution in [0.25, 0.3) is 0 Å². The smallest absolute Gasteiger partial charge is 0.230 e. The standard InChI is InChI=1S/C11H15N3OS/c1-8(9-5-3-2-4-6-9)14-10(15)7-16-11(12)13/h2-6,8H,7H2,1H3,(H3,12,13)(H,14,15). The molecule has 0 aromatic heterocycles. The first-order chi connectivity index (χ1) is 7.59. The summed E-state index contributed by atoms with van der Waals surface area (Å²) in [5, 5.41) is 9.80. The van der Waals surface area contributed by atoms with E-state index in [0.29, 0.717) is 0 Å². The van der Waals surface area contributed by atoms with Crippen LogP contribution in [-0.4, -0.2) is 16.8 Å². The summed E-state index contributed by atoms with van der Waals surface area (Å²) in [6.07, 6.45) is 0. The van der Waals surface area contributed by atoms with Crippen LogP contribution in [0.4, 0.5) is 0 Å². The van der Waals surface area contributed by atoms with E-state index in [1.54, 1.807) is 0 Å². The quantitative estimate of drug-likeness (QED) is 0.548. The van der Waals surface area contributed by atoms with Crippen LogP contribution in [0.2, 0.25) is 0 Å². The Morgan fingerprint density at radius 1 is 1.50 bits per heavy atom. The second kappa shape index (κ2) is 6.17. The van der Waals surface area contributed by atoms with Crippen LogP contribution in [0, 0.1) is 5.41 Å². The minimum atomic E-state index is -0.114. The van der Waals surface area contributed by atoms with Gasteiger partial charge in [0.1, 0.15) is 0 Å². The van der Waals surface area contributed by atoms with Crippen molar-refractivity contribution < 1.29 is 4.79 Å². The van der Waals surface area contributed by atoms with Gasteiger partial charge in [-0.2, -0.15) is 0 Å². The molecule has 0 aliphatic rings. The fourth-order valence-corrected chi connectivity index (χ4v) is 1.62. The van der Waals surface area contributed by atoms with E-state index in [1.165, 1.54) is 0 Å². The molecule has 1 atom stereocenters. The molecule has 0 bridgehead atoms. The van der Waals surface area contributed by atoms with Gasteiger partial charge in [0.2, 0.25) is 5.91 Å². The van der Waals surface area contributed by atoms with E-state index in [0.717, 1.165) is 17.3 Å². The van der Waals surface area contributed by atoms with Crippen LogP contribution < -0.4 is 11.1 Å². The van der Waals surface area contributed by atoms with E-state index < -0.39 is 0 Å². The number of hydrogen-bond acceptors (Lipinski definition) is 3. The summed E-state index contributed by atoms with van der Waals surface area (Å²) >= 11 is 1.03. The fraction of sp³-hybridized carbons (Fsp3) is 0.273. The number of carbonyl (C=O) groups excluding carboxylic acids is 1. The molecule has 0 aliphatic carbocycles. The topological polar surface area (TPSA) is 79.0 Å². The van der Waals surface area contributed by atoms with Crippen LogP contribution in [0.1, 0.15) is 18.5 Å². The van der Waals surface area contributed by atoms with Crippen molar-refractivity contribution in [3.8, 4) is 0 Å². The monoisotopic (exact) mass is 237 g/mol. The lowest BCUT2D eigenvalue weighted by molar-refractivity contribution is -0.119. The van der Waals surface area contributed by atoms with E-state index in [-0.39, 0.29) is 22.9 Å². The van der Waals surface area contributed by atoms with Gasteiger partial charge in [0.25, 0.3) is 0 Å². The van der Waals surface area contributed by atoms with Gasteiger partial charge in [0.05, 0.1) is 11.8 Å². The normalized spacial score (nSPS) is 11.8. The number of rotatable bonds is 4. The van der Waals surface area contributed by atoms with E-state index in [4.69, 9.17) is 11.1 Å². The Morgan fingerprint density at radius 3 is 2.69 bits per heavy atom. The Labute approximate surface area is 99.1 Å². The summed E-state index contributed by atoms with van der Waals surface area (Å²) in [5.41, 5.74) is 6.21. The number of hydrogen-bond donors (Lipinski definition) is 3. The SMILES string of the molecule is CC(NC(=O)CSC(=N)N)c1ccccc1. The van der Waals surface area contributed by atoms with Crippen molar-refractivity contribution in [3.05, 3.63) is 35.9 Å². The van der Waals surface area contributed by atoms with Crippen molar-refractivity contribution in [1.82, 2.24) is 5.32 Å². The van der Waals surface area contributed by atoms with Crippen molar-refractivity contribution in [2.45, 2.75) is 13.0 Å². The van der Waals surface area contributed by atoms with Crippen LogP contribution in [0.5, 0.6) is 0 Å². The Morgan fingerprint density at radius 2 is 2.12 bits per heavy atom. The zero-order valence-corrected chi connectivity index (χ0v) is 9.88. The van der Waals surface area contributed by atoms with Gasteiger partial charge in [-0.25, -0.2) is 0 Å². The molecule has 0 saturated heterocycles. The average Bonchev–Trinajstić information content (AvgIpc) is 2.27. The predicted molar refractivity (Wildman–Crippen MR) is 67.4 cm³/mol. The molecule has 5 heteroatoms. The van der Waals surface area contributed by atoms with E-state index in [2.05, 4.69) is 5.32 Å². The third-order valence-electron chi connectivity index (χ3n) is 2.04. The Bertz CT molecular complexity index is 367. The molecular formula is C11H15N3OS. The molecule has 0 saturated carbocycles. The highest BCUT2D eigenvalue weighted by Gasteiger charge is 2.09. The first-order valence-electron chi connectivity index (χ1n) is 4.90. The average molecular weight is 237 g/mol. The number of amides is 1. The van der Waals surface area contributed by atoms with Gasteiger partial charge >= 0.3 is 0 Å². The fourth-order valence-electron chi connectivity index (χ4n) is 1.25. The molecule has 0 fully saturated rings. The second-order valence-electron chi connectivity index (χ2n) is 3.35. The molecule has 1 aromatic carbocycles. The van der Waals surface area contributed by atoms with Gasteiger partial charge in [-0.3, -0.25) is 10.2 Å². The Balaban J connectivity index is 2.43. The number of carbonyl (C=O) groups is 1. The van der Waals surface area contributed by atoms with Crippen molar-refractivity contribution in [3.63, 3.8) is 0 Å². The molecule has 0 heterocycles.